The van der Waals surface area contributed by atoms with Crippen LogP contribution in [0.5, 0.6) is 0 Å². The smallest absolute Gasteiger partial charge is 0.209 e. The van der Waals surface area contributed by atoms with Gasteiger partial charge in [0.2, 0.25) is 5.89 Å². The summed E-state index contributed by atoms with van der Waals surface area (Å²) in [5.74, 6) is 0.363. The first-order valence-corrected chi connectivity index (χ1v) is 8.16. The Morgan fingerprint density at radius 3 is 3.05 bits per heavy atom. The molecule has 0 radical (unpaired) electrons. The Labute approximate surface area is 131 Å². The number of aromatic nitrogens is 1. The lowest BCUT2D eigenvalue weighted by atomic mass is 10.1. The lowest BCUT2D eigenvalue weighted by molar-refractivity contribution is 0.265. The molecule has 3 heterocycles. The number of oxazole rings is 1. The van der Waals surface area contributed by atoms with Crippen LogP contribution in [0.25, 0.3) is 16.7 Å². The van der Waals surface area contributed by atoms with Gasteiger partial charge in [-0.25, -0.2) is 9.37 Å². The van der Waals surface area contributed by atoms with Gasteiger partial charge in [-0.05, 0) is 35.6 Å². The number of nitrogens with zero attached hydrogens (tertiary/aromatic N) is 2. The van der Waals surface area contributed by atoms with Crippen molar-refractivity contribution in [3.63, 3.8) is 0 Å². The quantitative estimate of drug-likeness (QED) is 0.721. The van der Waals surface area contributed by atoms with Crippen molar-refractivity contribution in [1.82, 2.24) is 9.88 Å². The molecule has 0 saturated heterocycles. The van der Waals surface area contributed by atoms with Gasteiger partial charge in [0, 0.05) is 24.0 Å². The molecule has 0 fully saturated rings. The van der Waals surface area contributed by atoms with Gasteiger partial charge in [0.1, 0.15) is 11.3 Å². The summed E-state index contributed by atoms with van der Waals surface area (Å²) >= 11 is 1.79. The number of thiophene rings is 1. The van der Waals surface area contributed by atoms with Crippen molar-refractivity contribution < 1.29 is 8.81 Å². The first kappa shape index (κ1) is 13.7. The Kier molecular flexibility index (Phi) is 3.52. The summed E-state index contributed by atoms with van der Waals surface area (Å²) in [6.45, 7) is 2.53. The lowest BCUT2D eigenvalue weighted by Gasteiger charge is -2.24. The second kappa shape index (κ2) is 5.66. The van der Waals surface area contributed by atoms with Crippen LogP contribution < -0.4 is 0 Å². The molecule has 0 amide bonds. The summed E-state index contributed by atoms with van der Waals surface area (Å²) < 4.78 is 18.9. The Hall–Kier alpha value is -1.98. The van der Waals surface area contributed by atoms with Crippen LogP contribution in [0.2, 0.25) is 0 Å². The molecule has 3 nitrogen and oxygen atoms in total. The van der Waals surface area contributed by atoms with E-state index in [-0.39, 0.29) is 5.82 Å². The zero-order valence-electron chi connectivity index (χ0n) is 12.0. The predicted molar refractivity (Wildman–Crippen MR) is 86.2 cm³/mol. The summed E-state index contributed by atoms with van der Waals surface area (Å²) in [5.41, 5.74) is 2.65. The molecule has 2 aromatic heterocycles. The number of hydrogen-bond donors (Lipinski definition) is 0. The van der Waals surface area contributed by atoms with Crippen molar-refractivity contribution in [2.75, 3.05) is 13.1 Å². The molecule has 0 unspecified atom stereocenters. The first-order chi connectivity index (χ1) is 10.8. The van der Waals surface area contributed by atoms with Crippen LogP contribution in [0, 0.1) is 5.82 Å². The van der Waals surface area contributed by atoms with Crippen LogP contribution in [0.15, 0.2) is 46.2 Å². The van der Waals surface area contributed by atoms with E-state index in [1.807, 2.05) is 0 Å². The molecule has 4 rings (SSSR count). The first-order valence-electron chi connectivity index (χ1n) is 7.28. The van der Waals surface area contributed by atoms with Crippen molar-refractivity contribution in [1.29, 1.82) is 0 Å². The highest BCUT2D eigenvalue weighted by Crippen LogP contribution is 2.27. The molecule has 0 aliphatic carbocycles. The highest BCUT2D eigenvalue weighted by atomic mass is 32.1. The zero-order valence-corrected chi connectivity index (χ0v) is 12.8. The zero-order chi connectivity index (χ0) is 14.9. The van der Waals surface area contributed by atoms with Crippen LogP contribution >= 0.6 is 11.3 Å². The molecule has 0 bridgehead atoms. The van der Waals surface area contributed by atoms with Crippen molar-refractivity contribution >= 4 is 28.0 Å². The van der Waals surface area contributed by atoms with E-state index in [4.69, 9.17) is 4.42 Å². The van der Waals surface area contributed by atoms with Gasteiger partial charge < -0.3 is 4.42 Å². The molecule has 0 atom stereocenters. The Morgan fingerprint density at radius 1 is 1.32 bits per heavy atom. The standard InChI is InChI=1S/C17H15FN2OS/c18-13-3-4-15-14(10-13)19-17(21-15)11-20-7-5-12(6-8-20)16-2-1-9-22-16/h1-5,9-10H,6-8,11H2. The van der Waals surface area contributed by atoms with Crippen LogP contribution in [0.4, 0.5) is 4.39 Å². The van der Waals surface area contributed by atoms with Crippen molar-refractivity contribution in [2.45, 2.75) is 13.0 Å². The Morgan fingerprint density at radius 2 is 2.27 bits per heavy atom. The van der Waals surface area contributed by atoms with Crippen LogP contribution in [0.3, 0.4) is 0 Å². The molecule has 112 valence electrons. The van der Waals surface area contributed by atoms with E-state index in [9.17, 15) is 4.39 Å². The molecule has 5 heteroatoms. The summed E-state index contributed by atoms with van der Waals surface area (Å²) in [6, 6.07) is 8.69. The van der Waals surface area contributed by atoms with Crippen LogP contribution in [-0.4, -0.2) is 23.0 Å². The number of benzene rings is 1. The van der Waals surface area contributed by atoms with Gasteiger partial charge in [-0.3, -0.25) is 4.90 Å². The fourth-order valence-electron chi connectivity index (χ4n) is 2.75. The van der Waals surface area contributed by atoms with Gasteiger partial charge in [0.25, 0.3) is 0 Å². The number of halogens is 1. The van der Waals surface area contributed by atoms with E-state index in [0.717, 1.165) is 19.5 Å². The molecule has 0 spiro atoms. The van der Waals surface area contributed by atoms with Gasteiger partial charge in [0.15, 0.2) is 5.58 Å². The summed E-state index contributed by atoms with van der Waals surface area (Å²) in [7, 11) is 0. The monoisotopic (exact) mass is 314 g/mol. The fraction of sp³-hybridized carbons (Fsp3) is 0.235. The van der Waals surface area contributed by atoms with Crippen LogP contribution in [-0.2, 0) is 6.54 Å². The minimum absolute atomic E-state index is 0.283. The molecular formula is C17H15FN2OS. The highest BCUT2D eigenvalue weighted by Gasteiger charge is 2.16. The van der Waals surface area contributed by atoms with Gasteiger partial charge >= 0.3 is 0 Å². The van der Waals surface area contributed by atoms with Crippen LogP contribution in [0.1, 0.15) is 17.2 Å². The number of fused-ring (bicyclic) bond motifs is 1. The predicted octanol–water partition coefficient (Wildman–Crippen LogP) is 4.32. The third kappa shape index (κ3) is 2.69. The van der Waals surface area contributed by atoms with E-state index in [2.05, 4.69) is 33.5 Å². The Bertz CT molecular complexity index is 822. The molecule has 0 N–H and O–H groups in total. The van der Waals surface area contributed by atoms with E-state index in [1.165, 1.54) is 22.6 Å². The molecule has 1 aliphatic heterocycles. The van der Waals surface area contributed by atoms with Gasteiger partial charge in [-0.2, -0.15) is 0 Å². The summed E-state index contributed by atoms with van der Waals surface area (Å²) in [4.78, 5) is 8.02. The van der Waals surface area contributed by atoms with E-state index < -0.39 is 0 Å². The van der Waals surface area contributed by atoms with Gasteiger partial charge in [0.05, 0.1) is 6.54 Å². The maximum atomic E-state index is 13.2. The average molecular weight is 314 g/mol. The lowest BCUT2D eigenvalue weighted by Crippen LogP contribution is -2.28. The van der Waals surface area contributed by atoms with E-state index >= 15 is 0 Å². The molecule has 1 aliphatic rings. The third-order valence-electron chi connectivity index (χ3n) is 3.88. The molecule has 3 aromatic rings. The third-order valence-corrected chi connectivity index (χ3v) is 4.83. The van der Waals surface area contributed by atoms with Crippen molar-refractivity contribution in [3.05, 3.63) is 58.4 Å². The molecule has 1 aromatic carbocycles. The largest absolute Gasteiger partial charge is 0.439 e. The van der Waals surface area contributed by atoms with E-state index in [1.54, 1.807) is 17.4 Å². The SMILES string of the molecule is Fc1ccc2oc(CN3CC=C(c4cccs4)CC3)nc2c1. The molecule has 0 saturated carbocycles. The minimum Gasteiger partial charge on any atom is -0.439 e. The molecule has 22 heavy (non-hydrogen) atoms. The highest BCUT2D eigenvalue weighted by molar-refractivity contribution is 7.11. The van der Waals surface area contributed by atoms with Gasteiger partial charge in [-0.15, -0.1) is 11.3 Å². The van der Waals surface area contributed by atoms with Crippen molar-refractivity contribution in [2.24, 2.45) is 0 Å². The normalized spacial score (nSPS) is 16.1. The maximum Gasteiger partial charge on any atom is 0.209 e. The number of rotatable bonds is 3. The van der Waals surface area contributed by atoms with E-state index in [0.29, 0.717) is 23.5 Å². The number of hydrogen-bond acceptors (Lipinski definition) is 4. The molecular weight excluding hydrogens is 299 g/mol. The minimum atomic E-state index is -0.283. The van der Waals surface area contributed by atoms with Crippen molar-refractivity contribution in [3.8, 4) is 0 Å². The summed E-state index contributed by atoms with van der Waals surface area (Å²) in [5, 5.41) is 2.11. The Balaban J connectivity index is 1.47. The second-order valence-electron chi connectivity index (χ2n) is 5.41. The summed E-state index contributed by atoms with van der Waals surface area (Å²) in [6.07, 6.45) is 3.31. The topological polar surface area (TPSA) is 29.3 Å². The van der Waals surface area contributed by atoms with Gasteiger partial charge in [-0.1, -0.05) is 12.1 Å². The maximum absolute atomic E-state index is 13.2. The second-order valence-corrected chi connectivity index (χ2v) is 6.36. The fourth-order valence-corrected chi connectivity index (χ4v) is 3.54. The average Bonchev–Trinajstić information content (AvgIpc) is 3.16.